The van der Waals surface area contributed by atoms with E-state index in [1.54, 1.807) is 26.4 Å². The van der Waals surface area contributed by atoms with Gasteiger partial charge in [-0.05, 0) is 24.3 Å². The van der Waals surface area contributed by atoms with Gasteiger partial charge in [0.25, 0.3) is 0 Å². The van der Waals surface area contributed by atoms with Gasteiger partial charge in [0.2, 0.25) is 6.23 Å². The number of methoxy groups -OCH3 is 2. The Hall–Kier alpha value is -2.69. The van der Waals surface area contributed by atoms with Gasteiger partial charge in [0.1, 0.15) is 11.5 Å². The van der Waals surface area contributed by atoms with Crippen LogP contribution in [0, 0.1) is 0 Å². The summed E-state index contributed by atoms with van der Waals surface area (Å²) < 4.78 is 16.2. The molecule has 3 rings (SSSR count). The Morgan fingerprint density at radius 1 is 1.09 bits per heavy atom. The average Bonchev–Trinajstić information content (AvgIpc) is 2.57. The summed E-state index contributed by atoms with van der Waals surface area (Å²) in [5, 5.41) is 0. The zero-order valence-corrected chi connectivity index (χ0v) is 12.7. The SMILES string of the molecule is COc1ccc(C2OC(=O)c3ccccc3N2C)c(OC)c1. The minimum absolute atomic E-state index is 0.337. The fourth-order valence-electron chi connectivity index (χ4n) is 2.62. The molecule has 1 aliphatic heterocycles. The van der Waals surface area contributed by atoms with E-state index in [1.807, 2.05) is 42.3 Å². The van der Waals surface area contributed by atoms with Gasteiger partial charge in [-0.1, -0.05) is 12.1 Å². The number of ether oxygens (including phenoxy) is 3. The molecule has 0 bridgehead atoms. The maximum absolute atomic E-state index is 12.2. The number of fused-ring (bicyclic) bond motifs is 1. The first-order chi connectivity index (χ1) is 10.7. The molecule has 2 aromatic carbocycles. The molecular weight excluding hydrogens is 282 g/mol. The van der Waals surface area contributed by atoms with Gasteiger partial charge in [-0.3, -0.25) is 0 Å². The number of para-hydroxylation sites is 1. The van der Waals surface area contributed by atoms with Crippen LogP contribution in [0.4, 0.5) is 5.69 Å². The molecular formula is C17H17NO4. The number of hydrogen-bond acceptors (Lipinski definition) is 5. The second kappa shape index (κ2) is 5.60. The molecule has 5 heteroatoms. The van der Waals surface area contributed by atoms with Crippen molar-refractivity contribution < 1.29 is 19.0 Å². The number of carbonyl (C=O) groups is 1. The second-order valence-corrected chi connectivity index (χ2v) is 4.99. The summed E-state index contributed by atoms with van der Waals surface area (Å²) in [5.41, 5.74) is 2.17. The molecule has 0 fully saturated rings. The van der Waals surface area contributed by atoms with Crippen molar-refractivity contribution in [1.29, 1.82) is 0 Å². The number of esters is 1. The van der Waals surface area contributed by atoms with Gasteiger partial charge in [-0.2, -0.15) is 0 Å². The molecule has 114 valence electrons. The molecule has 1 heterocycles. The monoisotopic (exact) mass is 299 g/mol. The molecule has 0 aliphatic carbocycles. The van der Waals surface area contributed by atoms with Gasteiger partial charge < -0.3 is 19.1 Å². The molecule has 22 heavy (non-hydrogen) atoms. The van der Waals surface area contributed by atoms with Crippen molar-refractivity contribution in [2.24, 2.45) is 0 Å². The van der Waals surface area contributed by atoms with Crippen LogP contribution < -0.4 is 14.4 Å². The van der Waals surface area contributed by atoms with Crippen LogP contribution >= 0.6 is 0 Å². The maximum atomic E-state index is 12.2. The highest BCUT2D eigenvalue weighted by Gasteiger charge is 2.33. The summed E-state index contributed by atoms with van der Waals surface area (Å²) in [6.45, 7) is 0. The van der Waals surface area contributed by atoms with Gasteiger partial charge in [-0.15, -0.1) is 0 Å². The van der Waals surface area contributed by atoms with Gasteiger partial charge >= 0.3 is 5.97 Å². The molecule has 1 unspecified atom stereocenters. The number of carbonyl (C=O) groups excluding carboxylic acids is 1. The fraction of sp³-hybridized carbons (Fsp3) is 0.235. The highest BCUT2D eigenvalue weighted by molar-refractivity contribution is 5.97. The minimum Gasteiger partial charge on any atom is -0.497 e. The van der Waals surface area contributed by atoms with Crippen molar-refractivity contribution in [2.45, 2.75) is 6.23 Å². The summed E-state index contributed by atoms with van der Waals surface area (Å²) in [7, 11) is 5.06. The predicted octanol–water partition coefficient (Wildman–Crippen LogP) is 3.01. The number of benzene rings is 2. The molecule has 0 radical (unpaired) electrons. The van der Waals surface area contributed by atoms with Gasteiger partial charge in [0.05, 0.1) is 31.0 Å². The van der Waals surface area contributed by atoms with E-state index in [4.69, 9.17) is 14.2 Å². The number of nitrogens with zero attached hydrogens (tertiary/aromatic N) is 1. The molecule has 0 N–H and O–H groups in total. The van der Waals surface area contributed by atoms with Crippen LogP contribution in [0.1, 0.15) is 22.1 Å². The lowest BCUT2D eigenvalue weighted by Gasteiger charge is -2.35. The molecule has 2 aromatic rings. The van der Waals surface area contributed by atoms with Crippen molar-refractivity contribution in [2.75, 3.05) is 26.2 Å². The Bertz CT molecular complexity index is 714. The van der Waals surface area contributed by atoms with Crippen LogP contribution in [0.25, 0.3) is 0 Å². The first kappa shape index (κ1) is 14.3. The van der Waals surface area contributed by atoms with E-state index in [0.717, 1.165) is 11.3 Å². The summed E-state index contributed by atoms with van der Waals surface area (Å²) in [6.07, 6.45) is -0.539. The number of hydrogen-bond donors (Lipinski definition) is 0. The molecule has 0 amide bonds. The quantitative estimate of drug-likeness (QED) is 0.815. The largest absolute Gasteiger partial charge is 0.497 e. The molecule has 0 saturated carbocycles. The van der Waals surface area contributed by atoms with Crippen LogP contribution in [0.5, 0.6) is 11.5 Å². The highest BCUT2D eigenvalue weighted by atomic mass is 16.6. The summed E-state index contributed by atoms with van der Waals surface area (Å²) in [6, 6.07) is 12.8. The zero-order chi connectivity index (χ0) is 15.7. The maximum Gasteiger partial charge on any atom is 0.342 e. The average molecular weight is 299 g/mol. The summed E-state index contributed by atoms with van der Waals surface area (Å²) in [4.78, 5) is 14.1. The first-order valence-electron chi connectivity index (χ1n) is 6.90. The first-order valence-corrected chi connectivity index (χ1v) is 6.90. The van der Waals surface area contributed by atoms with E-state index in [-0.39, 0.29) is 5.97 Å². The Morgan fingerprint density at radius 3 is 2.59 bits per heavy atom. The third-order valence-corrected chi connectivity index (χ3v) is 3.78. The molecule has 0 saturated heterocycles. The van der Waals surface area contributed by atoms with Gasteiger partial charge in [0.15, 0.2) is 0 Å². The normalized spacial score (nSPS) is 16.8. The third-order valence-electron chi connectivity index (χ3n) is 3.78. The topological polar surface area (TPSA) is 48.0 Å². The Kier molecular flexibility index (Phi) is 3.63. The summed E-state index contributed by atoms with van der Waals surface area (Å²) >= 11 is 0. The van der Waals surface area contributed by atoms with Crippen molar-refractivity contribution in [3.05, 3.63) is 53.6 Å². The summed E-state index contributed by atoms with van der Waals surface area (Å²) in [5.74, 6) is 0.964. The van der Waals surface area contributed by atoms with Gasteiger partial charge in [-0.25, -0.2) is 4.79 Å². The third kappa shape index (κ3) is 2.24. The van der Waals surface area contributed by atoms with Gasteiger partial charge in [0, 0.05) is 13.1 Å². The Morgan fingerprint density at radius 2 is 1.86 bits per heavy atom. The van der Waals surface area contributed by atoms with Crippen LogP contribution in [-0.2, 0) is 4.74 Å². The van der Waals surface area contributed by atoms with E-state index in [1.165, 1.54) is 0 Å². The second-order valence-electron chi connectivity index (χ2n) is 4.99. The van der Waals surface area contributed by atoms with E-state index in [9.17, 15) is 4.79 Å². The molecule has 0 spiro atoms. The fourth-order valence-corrected chi connectivity index (χ4v) is 2.62. The molecule has 1 atom stereocenters. The minimum atomic E-state index is -0.539. The van der Waals surface area contributed by atoms with E-state index >= 15 is 0 Å². The van der Waals surface area contributed by atoms with Crippen molar-refractivity contribution >= 4 is 11.7 Å². The lowest BCUT2D eigenvalue weighted by Crippen LogP contribution is -2.34. The number of rotatable bonds is 3. The van der Waals surface area contributed by atoms with E-state index in [2.05, 4.69) is 0 Å². The number of anilines is 1. The van der Waals surface area contributed by atoms with E-state index in [0.29, 0.717) is 17.1 Å². The zero-order valence-electron chi connectivity index (χ0n) is 12.7. The van der Waals surface area contributed by atoms with Crippen molar-refractivity contribution in [3.8, 4) is 11.5 Å². The molecule has 0 aromatic heterocycles. The lowest BCUT2D eigenvalue weighted by molar-refractivity contribution is 0.0258. The van der Waals surface area contributed by atoms with Crippen LogP contribution in [0.2, 0.25) is 0 Å². The highest BCUT2D eigenvalue weighted by Crippen LogP contribution is 2.39. The van der Waals surface area contributed by atoms with Crippen molar-refractivity contribution in [3.63, 3.8) is 0 Å². The van der Waals surface area contributed by atoms with Crippen LogP contribution in [0.3, 0.4) is 0 Å². The Balaban J connectivity index is 2.05. The smallest absolute Gasteiger partial charge is 0.342 e. The molecule has 1 aliphatic rings. The standard InChI is InChI=1S/C17H17NO4/c1-18-14-7-5-4-6-12(14)17(19)22-16(18)13-9-8-11(20-2)10-15(13)21-3/h4-10,16H,1-3H3. The number of cyclic esters (lactones) is 1. The predicted molar refractivity (Wildman–Crippen MR) is 82.5 cm³/mol. The van der Waals surface area contributed by atoms with Crippen LogP contribution in [-0.4, -0.2) is 27.2 Å². The Labute approximate surface area is 129 Å². The van der Waals surface area contributed by atoms with Crippen LogP contribution in [0.15, 0.2) is 42.5 Å². The lowest BCUT2D eigenvalue weighted by atomic mass is 10.1. The molecule has 5 nitrogen and oxygen atoms in total. The van der Waals surface area contributed by atoms with E-state index < -0.39 is 6.23 Å². The van der Waals surface area contributed by atoms with Crippen molar-refractivity contribution in [1.82, 2.24) is 0 Å².